The third-order valence-electron chi connectivity index (χ3n) is 5.03. The van der Waals surface area contributed by atoms with Crippen LogP contribution in [0.15, 0.2) is 36.4 Å². The first-order valence-electron chi connectivity index (χ1n) is 9.72. The summed E-state index contributed by atoms with van der Waals surface area (Å²) in [5, 5.41) is 0.676. The Morgan fingerprint density at radius 1 is 0.935 bits per heavy atom. The minimum Gasteiger partial charge on any atom is -0.493 e. The van der Waals surface area contributed by atoms with Gasteiger partial charge < -0.3 is 28.7 Å². The summed E-state index contributed by atoms with van der Waals surface area (Å²) in [7, 11) is 4.39. The first-order valence-corrected chi connectivity index (χ1v) is 10.1. The van der Waals surface area contributed by atoms with Crippen molar-refractivity contribution in [1.29, 1.82) is 0 Å². The Morgan fingerprint density at radius 3 is 2.13 bits per heavy atom. The molecule has 1 aliphatic heterocycles. The van der Waals surface area contributed by atoms with Crippen LogP contribution < -0.4 is 19.1 Å². The van der Waals surface area contributed by atoms with Gasteiger partial charge in [0.25, 0.3) is 5.91 Å². The topological polar surface area (TPSA) is 77.5 Å². The van der Waals surface area contributed by atoms with Gasteiger partial charge in [-0.3, -0.25) is 4.79 Å². The van der Waals surface area contributed by atoms with Gasteiger partial charge in [-0.15, -0.1) is 0 Å². The number of benzene rings is 2. The summed E-state index contributed by atoms with van der Waals surface area (Å²) in [5.41, 5.74) is 1.22. The highest BCUT2D eigenvalue weighted by atomic mass is 35.5. The molecule has 31 heavy (non-hydrogen) atoms. The third-order valence-corrected chi connectivity index (χ3v) is 5.27. The number of piperazine rings is 1. The molecule has 3 rings (SSSR count). The van der Waals surface area contributed by atoms with Crippen molar-refractivity contribution >= 4 is 29.2 Å². The van der Waals surface area contributed by atoms with E-state index in [1.54, 1.807) is 4.90 Å². The van der Waals surface area contributed by atoms with Crippen molar-refractivity contribution in [3.8, 4) is 17.2 Å². The van der Waals surface area contributed by atoms with Crippen LogP contribution in [0.3, 0.4) is 0 Å². The van der Waals surface area contributed by atoms with Crippen molar-refractivity contribution in [3.63, 3.8) is 0 Å². The number of ether oxygens (including phenoxy) is 4. The lowest BCUT2D eigenvalue weighted by atomic mass is 10.2. The lowest BCUT2D eigenvalue weighted by molar-refractivity contribution is -0.134. The largest absolute Gasteiger partial charge is 0.493 e. The van der Waals surface area contributed by atoms with Crippen LogP contribution >= 0.6 is 11.6 Å². The van der Waals surface area contributed by atoms with Crippen molar-refractivity contribution in [1.82, 2.24) is 4.90 Å². The Labute approximate surface area is 186 Å². The molecule has 0 N–H and O–H groups in total. The third kappa shape index (κ3) is 5.32. The molecule has 2 aromatic carbocycles. The standard InChI is InChI=1S/C22H25ClN2O6/c1-28-18-11-15(12-19(29-2)21(18)30-3)22(27)31-14-20(26)25-9-7-24(8-10-25)17-6-4-5-16(23)13-17/h4-6,11-13H,7-10,14H2,1-3H3. The molecule has 2 aromatic rings. The molecule has 1 amide bonds. The highest BCUT2D eigenvalue weighted by molar-refractivity contribution is 6.30. The number of nitrogens with zero attached hydrogens (tertiary/aromatic N) is 2. The summed E-state index contributed by atoms with van der Waals surface area (Å²) in [4.78, 5) is 28.8. The van der Waals surface area contributed by atoms with Crippen LogP contribution in [0.2, 0.25) is 5.02 Å². The van der Waals surface area contributed by atoms with Gasteiger partial charge in [0.2, 0.25) is 5.75 Å². The Bertz CT molecular complexity index is 918. The number of halogens is 1. The van der Waals surface area contributed by atoms with E-state index in [-0.39, 0.29) is 18.1 Å². The molecular formula is C22H25ClN2O6. The van der Waals surface area contributed by atoms with Crippen molar-refractivity contribution in [2.75, 3.05) is 59.0 Å². The maximum Gasteiger partial charge on any atom is 0.338 e. The number of hydrogen-bond donors (Lipinski definition) is 0. The van der Waals surface area contributed by atoms with Gasteiger partial charge in [-0.1, -0.05) is 17.7 Å². The average Bonchev–Trinajstić information content (AvgIpc) is 2.81. The van der Waals surface area contributed by atoms with Gasteiger partial charge in [0.05, 0.1) is 26.9 Å². The summed E-state index contributed by atoms with van der Waals surface area (Å²) in [6.45, 7) is 2.08. The predicted octanol–water partition coefficient (Wildman–Crippen LogP) is 2.87. The van der Waals surface area contributed by atoms with E-state index >= 15 is 0 Å². The molecular weight excluding hydrogens is 424 g/mol. The second kappa shape index (κ2) is 10.3. The number of esters is 1. The Hall–Kier alpha value is -3.13. The van der Waals surface area contributed by atoms with E-state index in [2.05, 4.69) is 4.90 Å². The highest BCUT2D eigenvalue weighted by Gasteiger charge is 2.23. The molecule has 1 heterocycles. The van der Waals surface area contributed by atoms with Crippen molar-refractivity contribution in [2.24, 2.45) is 0 Å². The molecule has 0 bridgehead atoms. The lowest BCUT2D eigenvalue weighted by Gasteiger charge is -2.36. The SMILES string of the molecule is COc1cc(C(=O)OCC(=O)N2CCN(c3cccc(Cl)c3)CC2)cc(OC)c1OC. The van der Waals surface area contributed by atoms with Crippen LogP contribution in [0.25, 0.3) is 0 Å². The van der Waals surface area contributed by atoms with Gasteiger partial charge in [-0.05, 0) is 30.3 Å². The zero-order valence-electron chi connectivity index (χ0n) is 17.7. The molecule has 0 aliphatic carbocycles. The summed E-state index contributed by atoms with van der Waals surface area (Å²) in [6, 6.07) is 10.6. The van der Waals surface area contributed by atoms with Gasteiger partial charge in [-0.25, -0.2) is 4.79 Å². The van der Waals surface area contributed by atoms with Gasteiger partial charge in [0.15, 0.2) is 18.1 Å². The zero-order valence-corrected chi connectivity index (χ0v) is 18.5. The number of amides is 1. The summed E-state index contributed by atoms with van der Waals surface area (Å²) < 4.78 is 21.0. The fraction of sp³-hybridized carbons (Fsp3) is 0.364. The molecule has 1 aliphatic rings. The number of carbonyl (C=O) groups is 2. The van der Waals surface area contributed by atoms with Crippen LogP contribution in [0, 0.1) is 0 Å². The molecule has 8 nitrogen and oxygen atoms in total. The molecule has 166 valence electrons. The van der Waals surface area contributed by atoms with Gasteiger partial charge in [-0.2, -0.15) is 0 Å². The molecule has 0 atom stereocenters. The van der Waals surface area contributed by atoms with Crippen molar-refractivity contribution in [2.45, 2.75) is 0 Å². The fourth-order valence-electron chi connectivity index (χ4n) is 3.39. The number of anilines is 1. The Balaban J connectivity index is 1.56. The van der Waals surface area contributed by atoms with E-state index in [9.17, 15) is 9.59 Å². The zero-order chi connectivity index (χ0) is 22.4. The molecule has 0 radical (unpaired) electrons. The quantitative estimate of drug-likeness (QED) is 0.603. The first-order chi connectivity index (χ1) is 15.0. The second-order valence-corrected chi connectivity index (χ2v) is 7.27. The van der Waals surface area contributed by atoms with Crippen LogP contribution in [0.4, 0.5) is 5.69 Å². The monoisotopic (exact) mass is 448 g/mol. The van der Waals surface area contributed by atoms with E-state index in [0.717, 1.165) is 5.69 Å². The highest BCUT2D eigenvalue weighted by Crippen LogP contribution is 2.38. The Kier molecular flexibility index (Phi) is 7.46. The van der Waals surface area contributed by atoms with Crippen molar-refractivity contribution < 1.29 is 28.5 Å². The maximum absolute atomic E-state index is 12.5. The smallest absolute Gasteiger partial charge is 0.338 e. The summed E-state index contributed by atoms with van der Waals surface area (Å²) in [6.07, 6.45) is 0. The number of hydrogen-bond acceptors (Lipinski definition) is 7. The molecule has 0 unspecified atom stereocenters. The second-order valence-electron chi connectivity index (χ2n) is 6.84. The molecule has 0 spiro atoms. The lowest BCUT2D eigenvalue weighted by Crippen LogP contribution is -2.49. The van der Waals surface area contributed by atoms with Crippen LogP contribution in [0.5, 0.6) is 17.2 Å². The average molecular weight is 449 g/mol. The molecule has 0 aromatic heterocycles. The van der Waals surface area contributed by atoms with E-state index in [1.165, 1.54) is 33.5 Å². The van der Waals surface area contributed by atoms with Crippen LogP contribution in [-0.4, -0.2) is 70.9 Å². The Morgan fingerprint density at radius 2 is 1.58 bits per heavy atom. The van der Waals surface area contributed by atoms with Crippen molar-refractivity contribution in [3.05, 3.63) is 47.0 Å². The van der Waals surface area contributed by atoms with Gasteiger partial charge in [0, 0.05) is 36.9 Å². The minimum atomic E-state index is -0.648. The van der Waals surface area contributed by atoms with Gasteiger partial charge >= 0.3 is 5.97 Å². The summed E-state index contributed by atoms with van der Waals surface area (Å²) in [5.74, 6) is 0.140. The number of rotatable bonds is 7. The number of carbonyl (C=O) groups excluding carboxylic acids is 2. The summed E-state index contributed by atoms with van der Waals surface area (Å²) >= 11 is 6.06. The molecule has 1 saturated heterocycles. The minimum absolute atomic E-state index is 0.202. The van der Waals surface area contributed by atoms with Crippen LogP contribution in [0.1, 0.15) is 10.4 Å². The van der Waals surface area contributed by atoms with E-state index in [4.69, 9.17) is 30.5 Å². The predicted molar refractivity (Wildman–Crippen MR) is 117 cm³/mol. The maximum atomic E-state index is 12.5. The normalized spacial score (nSPS) is 13.5. The number of methoxy groups -OCH3 is 3. The van der Waals surface area contributed by atoms with Gasteiger partial charge in [0.1, 0.15) is 0 Å². The fourth-order valence-corrected chi connectivity index (χ4v) is 3.57. The molecule has 9 heteroatoms. The van der Waals surface area contributed by atoms with E-state index < -0.39 is 5.97 Å². The molecule has 0 saturated carbocycles. The molecule has 1 fully saturated rings. The van der Waals surface area contributed by atoms with E-state index in [0.29, 0.717) is 48.5 Å². The van der Waals surface area contributed by atoms with Crippen LogP contribution in [-0.2, 0) is 9.53 Å². The van der Waals surface area contributed by atoms with E-state index in [1.807, 2.05) is 24.3 Å². The first kappa shape index (κ1) is 22.6.